The molecule has 1 atom stereocenters. The minimum absolute atomic E-state index is 0.106. The van der Waals surface area contributed by atoms with E-state index in [-0.39, 0.29) is 12.0 Å². The van der Waals surface area contributed by atoms with Gasteiger partial charge in [-0.25, -0.2) is 0 Å². The number of benzene rings is 2. The quantitative estimate of drug-likeness (QED) is 0.643. The molecule has 4 rings (SSSR count). The third-order valence-electron chi connectivity index (χ3n) is 4.86. The Kier molecular flexibility index (Phi) is 6.20. The molecule has 154 valence electrons. The van der Waals surface area contributed by atoms with Crippen LogP contribution in [-0.4, -0.2) is 42.5 Å². The minimum atomic E-state index is -0.106. The molecule has 0 aliphatic carbocycles. The summed E-state index contributed by atoms with van der Waals surface area (Å²) in [6, 6.07) is 18.1. The number of hydrogen-bond acceptors (Lipinski definition) is 6. The lowest BCUT2D eigenvalue weighted by molar-refractivity contribution is 0.0858. The summed E-state index contributed by atoms with van der Waals surface area (Å²) in [6.45, 7) is 1.32. The second-order valence-electron chi connectivity index (χ2n) is 6.96. The summed E-state index contributed by atoms with van der Waals surface area (Å²) in [5.41, 5.74) is 2.16. The van der Waals surface area contributed by atoms with Crippen LogP contribution >= 0.6 is 0 Å². The first-order chi connectivity index (χ1) is 14.7. The fraction of sp³-hybridized carbons (Fsp3) is 0.261. The Morgan fingerprint density at radius 2 is 1.93 bits per heavy atom. The van der Waals surface area contributed by atoms with Gasteiger partial charge < -0.3 is 19.5 Å². The van der Waals surface area contributed by atoms with E-state index in [1.807, 2.05) is 36.4 Å². The number of aromatic nitrogens is 2. The molecule has 30 heavy (non-hydrogen) atoms. The molecule has 0 bridgehead atoms. The molecule has 1 aliphatic rings. The molecule has 1 N–H and O–H groups in total. The van der Waals surface area contributed by atoms with Gasteiger partial charge in [-0.3, -0.25) is 4.79 Å². The molecule has 1 saturated heterocycles. The molecule has 3 aromatic rings. The number of amides is 1. The van der Waals surface area contributed by atoms with E-state index in [0.29, 0.717) is 35.2 Å². The van der Waals surface area contributed by atoms with Crippen molar-refractivity contribution >= 4 is 5.91 Å². The Morgan fingerprint density at radius 1 is 1.10 bits per heavy atom. The van der Waals surface area contributed by atoms with Crippen LogP contribution < -0.4 is 14.8 Å². The van der Waals surface area contributed by atoms with Gasteiger partial charge in [-0.1, -0.05) is 18.2 Å². The number of methoxy groups -OCH3 is 1. The van der Waals surface area contributed by atoms with Crippen LogP contribution in [0.2, 0.25) is 0 Å². The Balaban J connectivity index is 1.37. The Hall–Kier alpha value is -3.45. The molecule has 0 saturated carbocycles. The van der Waals surface area contributed by atoms with Crippen LogP contribution in [0, 0.1) is 0 Å². The zero-order chi connectivity index (χ0) is 20.8. The van der Waals surface area contributed by atoms with Crippen LogP contribution in [-0.2, 0) is 4.74 Å². The van der Waals surface area contributed by atoms with Gasteiger partial charge in [-0.2, -0.15) is 0 Å². The average Bonchev–Trinajstić information content (AvgIpc) is 3.32. The van der Waals surface area contributed by atoms with Crippen molar-refractivity contribution in [1.29, 1.82) is 0 Å². The van der Waals surface area contributed by atoms with Gasteiger partial charge in [-0.15, -0.1) is 10.2 Å². The minimum Gasteiger partial charge on any atom is -0.497 e. The first-order valence-corrected chi connectivity index (χ1v) is 9.87. The van der Waals surface area contributed by atoms with Crippen molar-refractivity contribution in [2.45, 2.75) is 18.9 Å². The number of ether oxygens (including phenoxy) is 3. The number of hydrogen-bond donors (Lipinski definition) is 1. The molecule has 1 aliphatic heterocycles. The Labute approximate surface area is 175 Å². The van der Waals surface area contributed by atoms with Gasteiger partial charge >= 0.3 is 0 Å². The highest BCUT2D eigenvalue weighted by atomic mass is 16.5. The molecule has 2 heterocycles. The van der Waals surface area contributed by atoms with Crippen molar-refractivity contribution in [2.75, 3.05) is 20.3 Å². The van der Waals surface area contributed by atoms with Crippen molar-refractivity contribution in [3.8, 4) is 28.6 Å². The summed E-state index contributed by atoms with van der Waals surface area (Å²) in [4.78, 5) is 12.3. The van der Waals surface area contributed by atoms with Crippen molar-refractivity contribution in [1.82, 2.24) is 15.5 Å². The maximum atomic E-state index is 12.3. The monoisotopic (exact) mass is 405 g/mol. The number of nitrogens with zero attached hydrogens (tertiary/aromatic N) is 2. The summed E-state index contributed by atoms with van der Waals surface area (Å²) in [6.07, 6.45) is 2.18. The SMILES string of the molecule is COc1cccc(Oc2ccc(-c3ccc(C(=O)NC[C@@H]4CCCO4)cc3)nn2)c1. The largest absolute Gasteiger partial charge is 0.497 e. The van der Waals surface area contributed by atoms with E-state index >= 15 is 0 Å². The van der Waals surface area contributed by atoms with E-state index in [1.165, 1.54) is 0 Å². The highest BCUT2D eigenvalue weighted by Gasteiger charge is 2.16. The van der Waals surface area contributed by atoms with Crippen molar-refractivity contribution in [2.24, 2.45) is 0 Å². The zero-order valence-corrected chi connectivity index (χ0v) is 16.7. The molecule has 1 fully saturated rings. The standard InChI is InChI=1S/C23H23N3O4/c1-28-18-4-2-5-19(14-18)30-22-12-11-21(25-26-22)16-7-9-17(10-8-16)23(27)24-15-20-6-3-13-29-20/h2,4-5,7-12,14,20H,3,6,13,15H2,1H3,(H,24,27)/t20-/m0/s1. The van der Waals surface area contributed by atoms with Crippen LogP contribution in [0.25, 0.3) is 11.3 Å². The number of carbonyl (C=O) groups excluding carboxylic acids is 1. The lowest BCUT2D eigenvalue weighted by atomic mass is 10.1. The molecule has 1 aromatic heterocycles. The van der Waals surface area contributed by atoms with Crippen LogP contribution in [0.15, 0.2) is 60.7 Å². The predicted molar refractivity (Wildman–Crippen MR) is 112 cm³/mol. The number of nitrogens with one attached hydrogen (secondary N) is 1. The summed E-state index contributed by atoms with van der Waals surface area (Å²) in [7, 11) is 1.60. The summed E-state index contributed by atoms with van der Waals surface area (Å²) in [5.74, 6) is 1.61. The van der Waals surface area contributed by atoms with Crippen molar-refractivity contribution in [3.05, 3.63) is 66.2 Å². The van der Waals surface area contributed by atoms with E-state index in [0.717, 1.165) is 25.0 Å². The summed E-state index contributed by atoms with van der Waals surface area (Å²) < 4.78 is 16.4. The fourth-order valence-electron chi connectivity index (χ4n) is 3.22. The molecule has 0 radical (unpaired) electrons. The lowest BCUT2D eigenvalue weighted by Crippen LogP contribution is -2.31. The maximum absolute atomic E-state index is 12.3. The first kappa shape index (κ1) is 19.8. The highest BCUT2D eigenvalue weighted by Crippen LogP contribution is 2.25. The van der Waals surface area contributed by atoms with Gasteiger partial charge in [0.05, 0.1) is 18.9 Å². The summed E-state index contributed by atoms with van der Waals surface area (Å²) >= 11 is 0. The van der Waals surface area contributed by atoms with Gasteiger partial charge in [0.25, 0.3) is 5.91 Å². The molecule has 2 aromatic carbocycles. The Morgan fingerprint density at radius 3 is 2.63 bits per heavy atom. The number of rotatable bonds is 7. The second kappa shape index (κ2) is 9.37. The topological polar surface area (TPSA) is 82.6 Å². The second-order valence-corrected chi connectivity index (χ2v) is 6.96. The van der Waals surface area contributed by atoms with Crippen LogP contribution in [0.4, 0.5) is 0 Å². The highest BCUT2D eigenvalue weighted by molar-refractivity contribution is 5.94. The smallest absolute Gasteiger partial charge is 0.251 e. The van der Waals surface area contributed by atoms with Gasteiger partial charge in [0, 0.05) is 36.4 Å². The summed E-state index contributed by atoms with van der Waals surface area (Å²) in [5, 5.41) is 11.3. The maximum Gasteiger partial charge on any atom is 0.251 e. The molecular weight excluding hydrogens is 382 g/mol. The van der Waals surface area contributed by atoms with Crippen LogP contribution in [0.5, 0.6) is 17.4 Å². The van der Waals surface area contributed by atoms with E-state index in [1.54, 1.807) is 31.4 Å². The molecule has 7 nitrogen and oxygen atoms in total. The Bertz CT molecular complexity index is 984. The average molecular weight is 405 g/mol. The molecule has 1 amide bonds. The third-order valence-corrected chi connectivity index (χ3v) is 4.86. The van der Waals surface area contributed by atoms with Gasteiger partial charge in [0.15, 0.2) is 0 Å². The van der Waals surface area contributed by atoms with Gasteiger partial charge in [0.2, 0.25) is 5.88 Å². The molecule has 7 heteroatoms. The van der Waals surface area contributed by atoms with Crippen molar-refractivity contribution < 1.29 is 19.0 Å². The molecule has 0 spiro atoms. The van der Waals surface area contributed by atoms with E-state index in [2.05, 4.69) is 15.5 Å². The fourth-order valence-corrected chi connectivity index (χ4v) is 3.22. The van der Waals surface area contributed by atoms with Gasteiger partial charge in [0.1, 0.15) is 11.5 Å². The van der Waals surface area contributed by atoms with Gasteiger partial charge in [-0.05, 0) is 43.2 Å². The van der Waals surface area contributed by atoms with Crippen molar-refractivity contribution in [3.63, 3.8) is 0 Å². The number of carbonyl (C=O) groups is 1. The van der Waals surface area contributed by atoms with E-state index in [9.17, 15) is 4.79 Å². The lowest BCUT2D eigenvalue weighted by Gasteiger charge is -2.11. The van der Waals surface area contributed by atoms with Crippen LogP contribution in [0.3, 0.4) is 0 Å². The zero-order valence-electron chi connectivity index (χ0n) is 16.7. The predicted octanol–water partition coefficient (Wildman–Crippen LogP) is 3.85. The van der Waals surface area contributed by atoms with Crippen LogP contribution in [0.1, 0.15) is 23.2 Å². The van der Waals surface area contributed by atoms with E-state index < -0.39 is 0 Å². The molecular formula is C23H23N3O4. The van der Waals surface area contributed by atoms with E-state index in [4.69, 9.17) is 14.2 Å². The molecule has 0 unspecified atom stereocenters. The normalized spacial score (nSPS) is 15.6. The first-order valence-electron chi connectivity index (χ1n) is 9.87. The third kappa shape index (κ3) is 4.93.